The van der Waals surface area contributed by atoms with Gasteiger partial charge in [0.15, 0.2) is 0 Å². The standard InChI is InChI=1S/C12H23N5O3/c1-12(2,3)20-11(18)14-4-6-19-7-5-17-8-10(9-17)15-16-13/h10H,4-9H2,1-3H3,(H,14,18). The molecule has 1 amide bonds. The summed E-state index contributed by atoms with van der Waals surface area (Å²) in [6.45, 7) is 9.33. The highest BCUT2D eigenvalue weighted by molar-refractivity contribution is 5.67. The molecule has 1 rings (SSSR count). The number of likely N-dealkylation sites (tertiary alicyclic amines) is 1. The Morgan fingerprint density at radius 1 is 1.45 bits per heavy atom. The summed E-state index contributed by atoms with van der Waals surface area (Å²) in [5, 5.41) is 6.25. The maximum absolute atomic E-state index is 11.3. The lowest BCUT2D eigenvalue weighted by molar-refractivity contribution is 0.0469. The number of amides is 1. The molecule has 1 saturated heterocycles. The number of hydrogen-bond acceptors (Lipinski definition) is 5. The Morgan fingerprint density at radius 3 is 2.75 bits per heavy atom. The van der Waals surface area contributed by atoms with Gasteiger partial charge >= 0.3 is 6.09 Å². The van der Waals surface area contributed by atoms with Crippen LogP contribution in [-0.4, -0.2) is 62.0 Å². The molecule has 0 aromatic rings. The molecule has 0 atom stereocenters. The second-order valence-corrected chi connectivity index (χ2v) is 5.66. The van der Waals surface area contributed by atoms with Gasteiger partial charge in [0, 0.05) is 31.1 Å². The zero-order chi connectivity index (χ0) is 15.0. The zero-order valence-electron chi connectivity index (χ0n) is 12.3. The average molecular weight is 285 g/mol. The summed E-state index contributed by atoms with van der Waals surface area (Å²) in [6.07, 6.45) is -0.430. The lowest BCUT2D eigenvalue weighted by atomic mass is 10.1. The smallest absolute Gasteiger partial charge is 0.407 e. The monoisotopic (exact) mass is 285 g/mol. The molecule has 8 nitrogen and oxygen atoms in total. The summed E-state index contributed by atoms with van der Waals surface area (Å²) >= 11 is 0. The van der Waals surface area contributed by atoms with Gasteiger partial charge in [0.05, 0.1) is 19.3 Å². The number of alkyl carbamates (subject to hydrolysis) is 1. The first kappa shape index (κ1) is 16.6. The molecule has 0 spiro atoms. The molecule has 1 fully saturated rings. The molecule has 0 aliphatic carbocycles. The van der Waals surface area contributed by atoms with Gasteiger partial charge in [0.2, 0.25) is 0 Å². The van der Waals surface area contributed by atoms with Crippen molar-refractivity contribution in [2.75, 3.05) is 39.4 Å². The van der Waals surface area contributed by atoms with Crippen molar-refractivity contribution in [1.29, 1.82) is 0 Å². The lowest BCUT2D eigenvalue weighted by Gasteiger charge is -2.36. The van der Waals surface area contributed by atoms with Crippen LogP contribution in [0.4, 0.5) is 4.79 Å². The fourth-order valence-electron chi connectivity index (χ4n) is 1.71. The van der Waals surface area contributed by atoms with Crippen LogP contribution < -0.4 is 5.32 Å². The molecule has 0 aromatic heterocycles. The van der Waals surface area contributed by atoms with Crippen LogP contribution in [0.1, 0.15) is 20.8 Å². The Kier molecular flexibility index (Phi) is 6.57. The van der Waals surface area contributed by atoms with Gasteiger partial charge < -0.3 is 19.7 Å². The van der Waals surface area contributed by atoms with Crippen LogP contribution in [-0.2, 0) is 9.47 Å². The third-order valence-electron chi connectivity index (χ3n) is 2.62. The van der Waals surface area contributed by atoms with Crippen molar-refractivity contribution in [1.82, 2.24) is 10.2 Å². The predicted molar refractivity (Wildman–Crippen MR) is 74.4 cm³/mol. The number of ether oxygens (including phenoxy) is 2. The quantitative estimate of drug-likeness (QED) is 0.332. The largest absolute Gasteiger partial charge is 0.444 e. The first-order valence-electron chi connectivity index (χ1n) is 6.72. The van der Waals surface area contributed by atoms with Crippen LogP contribution in [0.25, 0.3) is 10.4 Å². The van der Waals surface area contributed by atoms with E-state index in [0.29, 0.717) is 19.8 Å². The molecular formula is C12H23N5O3. The first-order chi connectivity index (χ1) is 9.40. The molecule has 20 heavy (non-hydrogen) atoms. The van der Waals surface area contributed by atoms with Gasteiger partial charge in [-0.1, -0.05) is 5.11 Å². The summed E-state index contributed by atoms with van der Waals surface area (Å²) in [7, 11) is 0. The summed E-state index contributed by atoms with van der Waals surface area (Å²) in [6, 6.07) is 0.105. The molecule has 114 valence electrons. The molecule has 0 unspecified atom stereocenters. The minimum Gasteiger partial charge on any atom is -0.444 e. The van der Waals surface area contributed by atoms with Crippen molar-refractivity contribution >= 4 is 6.09 Å². The Hall–Kier alpha value is -1.50. The van der Waals surface area contributed by atoms with Crippen LogP contribution in [0.3, 0.4) is 0 Å². The third kappa shape index (κ3) is 7.18. The Bertz CT molecular complexity index is 357. The fourth-order valence-corrected chi connectivity index (χ4v) is 1.71. The second kappa shape index (κ2) is 7.94. The Balaban J connectivity index is 1.91. The maximum atomic E-state index is 11.3. The van der Waals surface area contributed by atoms with Gasteiger partial charge in [-0.3, -0.25) is 0 Å². The Morgan fingerprint density at radius 2 is 2.15 bits per heavy atom. The van der Waals surface area contributed by atoms with E-state index in [9.17, 15) is 4.79 Å². The van der Waals surface area contributed by atoms with E-state index in [1.54, 1.807) is 0 Å². The van der Waals surface area contributed by atoms with E-state index in [-0.39, 0.29) is 6.04 Å². The van der Waals surface area contributed by atoms with Gasteiger partial charge in [-0.2, -0.15) is 0 Å². The van der Waals surface area contributed by atoms with E-state index in [1.807, 2.05) is 20.8 Å². The van der Waals surface area contributed by atoms with Crippen LogP contribution in [0.5, 0.6) is 0 Å². The fraction of sp³-hybridized carbons (Fsp3) is 0.917. The van der Waals surface area contributed by atoms with E-state index in [1.165, 1.54) is 0 Å². The molecule has 1 aliphatic rings. The van der Waals surface area contributed by atoms with Crippen LogP contribution in [0, 0.1) is 0 Å². The highest BCUT2D eigenvalue weighted by Gasteiger charge is 2.24. The van der Waals surface area contributed by atoms with Gasteiger partial charge in [-0.05, 0) is 26.3 Å². The number of nitrogens with one attached hydrogen (secondary N) is 1. The number of hydrogen-bond donors (Lipinski definition) is 1. The molecule has 0 saturated carbocycles. The molecule has 8 heteroatoms. The van der Waals surface area contributed by atoms with Crippen LogP contribution >= 0.6 is 0 Å². The SMILES string of the molecule is CC(C)(C)OC(=O)NCCOCCN1CC(N=[N+]=[N-])C1. The van der Waals surface area contributed by atoms with E-state index in [4.69, 9.17) is 15.0 Å². The lowest BCUT2D eigenvalue weighted by Crippen LogP contribution is -2.50. The molecule has 1 heterocycles. The maximum Gasteiger partial charge on any atom is 0.407 e. The Labute approximate surface area is 119 Å². The molecule has 1 aliphatic heterocycles. The molecule has 0 bridgehead atoms. The van der Waals surface area contributed by atoms with Crippen molar-refractivity contribution in [3.05, 3.63) is 10.4 Å². The van der Waals surface area contributed by atoms with Crippen molar-refractivity contribution in [2.24, 2.45) is 5.11 Å². The highest BCUT2D eigenvalue weighted by atomic mass is 16.6. The van der Waals surface area contributed by atoms with Gasteiger partial charge in [-0.25, -0.2) is 4.79 Å². The van der Waals surface area contributed by atoms with Crippen molar-refractivity contribution in [2.45, 2.75) is 32.4 Å². The molecular weight excluding hydrogens is 262 g/mol. The molecule has 1 N–H and O–H groups in total. The van der Waals surface area contributed by atoms with Crippen molar-refractivity contribution < 1.29 is 14.3 Å². The minimum atomic E-state index is -0.481. The first-order valence-corrected chi connectivity index (χ1v) is 6.72. The molecule has 0 radical (unpaired) electrons. The van der Waals surface area contributed by atoms with E-state index in [0.717, 1.165) is 19.6 Å². The molecule has 0 aromatic carbocycles. The van der Waals surface area contributed by atoms with Gasteiger partial charge in [0.1, 0.15) is 5.60 Å². The summed E-state index contributed by atoms with van der Waals surface area (Å²) in [5.41, 5.74) is 7.77. The minimum absolute atomic E-state index is 0.105. The van der Waals surface area contributed by atoms with E-state index >= 15 is 0 Å². The number of rotatable bonds is 7. The van der Waals surface area contributed by atoms with Gasteiger partial charge in [-0.15, -0.1) is 0 Å². The highest BCUT2D eigenvalue weighted by Crippen LogP contribution is 2.10. The number of azide groups is 1. The number of carbonyl (C=O) groups excluding carboxylic acids is 1. The van der Waals surface area contributed by atoms with Crippen molar-refractivity contribution in [3.8, 4) is 0 Å². The zero-order valence-corrected chi connectivity index (χ0v) is 12.3. The summed E-state index contributed by atoms with van der Waals surface area (Å²) in [5.74, 6) is 0. The topological polar surface area (TPSA) is 99.6 Å². The second-order valence-electron chi connectivity index (χ2n) is 5.66. The number of carbonyl (C=O) groups is 1. The predicted octanol–water partition coefficient (Wildman–Crippen LogP) is 1.52. The van der Waals surface area contributed by atoms with Crippen molar-refractivity contribution in [3.63, 3.8) is 0 Å². The normalized spacial score (nSPS) is 16.1. The van der Waals surface area contributed by atoms with Crippen LogP contribution in [0.2, 0.25) is 0 Å². The van der Waals surface area contributed by atoms with E-state index in [2.05, 4.69) is 20.2 Å². The summed E-state index contributed by atoms with van der Waals surface area (Å²) < 4.78 is 10.5. The van der Waals surface area contributed by atoms with Crippen LogP contribution in [0.15, 0.2) is 5.11 Å². The van der Waals surface area contributed by atoms with E-state index < -0.39 is 11.7 Å². The third-order valence-corrected chi connectivity index (χ3v) is 2.62. The average Bonchev–Trinajstić information content (AvgIpc) is 2.27. The summed E-state index contributed by atoms with van der Waals surface area (Å²) in [4.78, 5) is 16.2. The number of nitrogens with zero attached hydrogens (tertiary/aromatic N) is 4. The van der Waals surface area contributed by atoms with Gasteiger partial charge in [0.25, 0.3) is 0 Å².